The minimum Gasteiger partial charge on any atom is -0.378 e. The summed E-state index contributed by atoms with van der Waals surface area (Å²) in [5.41, 5.74) is 3.67. The van der Waals surface area contributed by atoms with Crippen LogP contribution >= 0.6 is 0 Å². The normalized spacial score (nSPS) is 16.0. The molecule has 1 aliphatic carbocycles. The molecule has 5 nitrogen and oxygen atoms in total. The summed E-state index contributed by atoms with van der Waals surface area (Å²) in [6.45, 7) is 4.16. The van der Waals surface area contributed by atoms with Crippen LogP contribution < -0.4 is 5.32 Å². The Labute approximate surface area is 171 Å². The predicted octanol–water partition coefficient (Wildman–Crippen LogP) is 3.56. The summed E-state index contributed by atoms with van der Waals surface area (Å²) < 4.78 is 1.97. The van der Waals surface area contributed by atoms with E-state index in [4.69, 9.17) is 0 Å². The van der Waals surface area contributed by atoms with Crippen LogP contribution in [0.25, 0.3) is 5.82 Å². The van der Waals surface area contributed by atoms with E-state index in [-0.39, 0.29) is 0 Å². The lowest BCUT2D eigenvalue weighted by Crippen LogP contribution is -2.25. The summed E-state index contributed by atoms with van der Waals surface area (Å²) >= 11 is 0. The van der Waals surface area contributed by atoms with Gasteiger partial charge in [0.05, 0.1) is 11.9 Å². The number of pyridine rings is 1. The van der Waals surface area contributed by atoms with Crippen molar-refractivity contribution in [3.8, 4) is 17.7 Å². The highest BCUT2D eigenvalue weighted by Crippen LogP contribution is 2.31. The highest BCUT2D eigenvalue weighted by molar-refractivity contribution is 5.38. The van der Waals surface area contributed by atoms with Gasteiger partial charge in [0.25, 0.3) is 0 Å². The largest absolute Gasteiger partial charge is 0.378 e. The Morgan fingerprint density at radius 3 is 2.76 bits per heavy atom. The number of aromatic nitrogens is 3. The molecule has 1 atom stereocenters. The number of aliphatic hydroxyl groups is 1. The topological polar surface area (TPSA) is 63.0 Å². The van der Waals surface area contributed by atoms with Crippen molar-refractivity contribution in [3.63, 3.8) is 0 Å². The molecule has 0 fully saturated rings. The van der Waals surface area contributed by atoms with Crippen molar-refractivity contribution in [2.24, 2.45) is 0 Å². The molecule has 0 amide bonds. The first-order valence-corrected chi connectivity index (χ1v) is 10.1. The predicted molar refractivity (Wildman–Crippen MR) is 113 cm³/mol. The first-order chi connectivity index (χ1) is 14.0. The molecule has 5 heteroatoms. The summed E-state index contributed by atoms with van der Waals surface area (Å²) in [7, 11) is 0. The molecule has 2 heterocycles. The van der Waals surface area contributed by atoms with Gasteiger partial charge in [0, 0.05) is 29.9 Å². The quantitative estimate of drug-likeness (QED) is 0.673. The van der Waals surface area contributed by atoms with Crippen molar-refractivity contribution in [1.29, 1.82) is 0 Å². The summed E-state index contributed by atoms with van der Waals surface area (Å²) in [6.07, 6.45) is 7.05. The van der Waals surface area contributed by atoms with Crippen molar-refractivity contribution in [2.75, 3.05) is 0 Å². The average molecular weight is 386 g/mol. The van der Waals surface area contributed by atoms with E-state index in [2.05, 4.69) is 39.4 Å². The smallest absolute Gasteiger partial charge is 0.153 e. The number of benzene rings is 1. The second kappa shape index (κ2) is 8.20. The van der Waals surface area contributed by atoms with E-state index in [1.165, 1.54) is 16.8 Å². The molecule has 1 aliphatic rings. The molecule has 0 spiro atoms. The summed E-state index contributed by atoms with van der Waals surface area (Å²) in [4.78, 5) is 4.44. The molecule has 0 unspecified atom stereocenters. The number of nitrogens with one attached hydrogen (secondary N) is 1. The van der Waals surface area contributed by atoms with Crippen LogP contribution in [0.15, 0.2) is 54.9 Å². The molecule has 0 saturated carbocycles. The molecule has 4 rings (SSSR count). The number of rotatable bonds is 4. The second-order valence-corrected chi connectivity index (χ2v) is 7.98. The van der Waals surface area contributed by atoms with Gasteiger partial charge in [-0.05, 0) is 62.9 Å². The third-order valence-corrected chi connectivity index (χ3v) is 5.07. The third kappa shape index (κ3) is 4.73. The van der Waals surface area contributed by atoms with Crippen molar-refractivity contribution >= 4 is 0 Å². The summed E-state index contributed by atoms with van der Waals surface area (Å²) in [5, 5.41) is 18.0. The molecular weight excluding hydrogens is 360 g/mol. The third-order valence-electron chi connectivity index (χ3n) is 5.07. The minimum absolute atomic E-state index is 0.297. The van der Waals surface area contributed by atoms with Crippen LogP contribution in [0.2, 0.25) is 0 Å². The van der Waals surface area contributed by atoms with Crippen LogP contribution in [0.3, 0.4) is 0 Å². The fourth-order valence-electron chi connectivity index (χ4n) is 3.62. The van der Waals surface area contributed by atoms with Gasteiger partial charge >= 0.3 is 0 Å². The second-order valence-electron chi connectivity index (χ2n) is 7.98. The van der Waals surface area contributed by atoms with E-state index in [0.717, 1.165) is 37.2 Å². The monoisotopic (exact) mass is 386 g/mol. The van der Waals surface area contributed by atoms with E-state index in [1.807, 2.05) is 41.2 Å². The number of nitrogens with zero attached hydrogens (tertiary/aromatic N) is 3. The van der Waals surface area contributed by atoms with Crippen molar-refractivity contribution in [2.45, 2.75) is 51.3 Å². The Morgan fingerprint density at radius 2 is 2.03 bits per heavy atom. The Hall–Kier alpha value is -2.94. The molecule has 2 aromatic heterocycles. The fourth-order valence-corrected chi connectivity index (χ4v) is 3.62. The van der Waals surface area contributed by atoms with Crippen LogP contribution in [0.5, 0.6) is 0 Å². The first-order valence-electron chi connectivity index (χ1n) is 10.1. The minimum atomic E-state index is -0.974. The van der Waals surface area contributed by atoms with Crippen LogP contribution in [-0.4, -0.2) is 25.5 Å². The lowest BCUT2D eigenvalue weighted by molar-refractivity contribution is 0.143. The SMILES string of the molecule is CC(C)(O)C#Cc1ccc(CN[C@H]2CCCc3c2cnn3-c2ccccn2)cc1. The van der Waals surface area contributed by atoms with Gasteiger partial charge in [-0.25, -0.2) is 9.67 Å². The fraction of sp³-hybridized carbons (Fsp3) is 0.333. The maximum atomic E-state index is 9.72. The van der Waals surface area contributed by atoms with Crippen LogP contribution in [-0.2, 0) is 13.0 Å². The van der Waals surface area contributed by atoms with E-state index in [9.17, 15) is 5.11 Å². The highest BCUT2D eigenvalue weighted by Gasteiger charge is 2.24. The molecule has 0 radical (unpaired) electrons. The molecule has 29 heavy (non-hydrogen) atoms. The molecule has 1 aromatic carbocycles. The maximum absolute atomic E-state index is 9.72. The number of hydrogen-bond acceptors (Lipinski definition) is 4. The van der Waals surface area contributed by atoms with Gasteiger partial charge in [0.15, 0.2) is 5.82 Å². The zero-order chi connectivity index (χ0) is 20.3. The van der Waals surface area contributed by atoms with Gasteiger partial charge in [0.1, 0.15) is 5.60 Å². The molecule has 2 N–H and O–H groups in total. The van der Waals surface area contributed by atoms with E-state index in [1.54, 1.807) is 20.0 Å². The average Bonchev–Trinajstić information content (AvgIpc) is 3.16. The zero-order valence-corrected chi connectivity index (χ0v) is 16.9. The van der Waals surface area contributed by atoms with Crippen molar-refractivity contribution in [3.05, 3.63) is 77.2 Å². The Morgan fingerprint density at radius 1 is 1.21 bits per heavy atom. The lowest BCUT2D eigenvalue weighted by Gasteiger charge is -2.24. The van der Waals surface area contributed by atoms with E-state index in [0.29, 0.717) is 6.04 Å². The van der Waals surface area contributed by atoms with Gasteiger partial charge in [-0.1, -0.05) is 30.0 Å². The Bertz CT molecular complexity index is 1020. The van der Waals surface area contributed by atoms with Crippen molar-refractivity contribution in [1.82, 2.24) is 20.1 Å². The Balaban J connectivity index is 1.44. The van der Waals surface area contributed by atoms with Gasteiger partial charge in [0.2, 0.25) is 0 Å². The van der Waals surface area contributed by atoms with Crippen LogP contribution in [0.4, 0.5) is 0 Å². The van der Waals surface area contributed by atoms with Gasteiger partial charge in [-0.3, -0.25) is 0 Å². The van der Waals surface area contributed by atoms with Gasteiger partial charge in [-0.2, -0.15) is 5.10 Å². The first kappa shape index (κ1) is 19.4. The van der Waals surface area contributed by atoms with E-state index >= 15 is 0 Å². The molecule has 3 aromatic rings. The van der Waals surface area contributed by atoms with E-state index < -0.39 is 5.60 Å². The van der Waals surface area contributed by atoms with Gasteiger partial charge in [-0.15, -0.1) is 0 Å². The number of fused-ring (bicyclic) bond motifs is 1. The molecule has 0 bridgehead atoms. The summed E-state index contributed by atoms with van der Waals surface area (Å²) in [6, 6.07) is 14.4. The van der Waals surface area contributed by atoms with Crippen molar-refractivity contribution < 1.29 is 5.11 Å². The molecule has 148 valence electrons. The highest BCUT2D eigenvalue weighted by atomic mass is 16.3. The number of hydrogen-bond donors (Lipinski definition) is 2. The summed E-state index contributed by atoms with van der Waals surface area (Å²) in [5.74, 6) is 6.73. The van der Waals surface area contributed by atoms with Gasteiger partial charge < -0.3 is 10.4 Å². The van der Waals surface area contributed by atoms with Crippen LogP contribution in [0.1, 0.15) is 55.1 Å². The van der Waals surface area contributed by atoms with Crippen LogP contribution in [0, 0.1) is 11.8 Å². The molecule has 0 aliphatic heterocycles. The standard InChI is InChI=1S/C24H26N4O/c1-24(2,29)14-13-18-9-11-19(12-10-18)16-26-21-6-5-7-22-20(21)17-27-28(22)23-8-3-4-15-25-23/h3-4,8-12,15,17,21,26,29H,5-7,16H2,1-2H3/t21-/m0/s1. The maximum Gasteiger partial charge on any atom is 0.153 e. The molecule has 0 saturated heterocycles. The Kier molecular flexibility index (Phi) is 5.48. The molecular formula is C24H26N4O. The zero-order valence-electron chi connectivity index (χ0n) is 16.9. The lowest BCUT2D eigenvalue weighted by atomic mass is 9.92.